The highest BCUT2D eigenvalue weighted by Gasteiger charge is 2.33. The van der Waals surface area contributed by atoms with Crippen LogP contribution in [0.2, 0.25) is 10.0 Å². The summed E-state index contributed by atoms with van der Waals surface area (Å²) in [5, 5.41) is -0.177. The molecule has 0 bridgehead atoms. The largest absolute Gasteiger partial charge is 0.244 e. The van der Waals surface area contributed by atoms with E-state index in [2.05, 4.69) is 0 Å². The van der Waals surface area contributed by atoms with Crippen LogP contribution in [0.15, 0.2) is 56.0 Å². The van der Waals surface area contributed by atoms with Crippen LogP contribution in [0.25, 0.3) is 0 Å². The first kappa shape index (κ1) is 24.9. The van der Waals surface area contributed by atoms with Gasteiger partial charge in [-0.2, -0.15) is 8.61 Å². The smallest absolute Gasteiger partial charge is 0.219 e. The fourth-order valence-electron chi connectivity index (χ4n) is 3.97. The van der Waals surface area contributed by atoms with Gasteiger partial charge in [0.25, 0.3) is 0 Å². The van der Waals surface area contributed by atoms with Crippen molar-refractivity contribution in [1.82, 2.24) is 8.61 Å². The van der Waals surface area contributed by atoms with E-state index in [0.29, 0.717) is 51.9 Å². The van der Waals surface area contributed by atoms with Crippen molar-refractivity contribution in [2.24, 2.45) is 0 Å². The van der Waals surface area contributed by atoms with E-state index in [0.717, 1.165) is 12.1 Å². The summed E-state index contributed by atoms with van der Waals surface area (Å²) in [6.45, 7) is 1.35. The minimum absolute atomic E-state index is 0.0887. The zero-order valence-corrected chi connectivity index (χ0v) is 21.4. The Balaban J connectivity index is 1.78. The Morgan fingerprint density at radius 3 is 1.24 bits per heavy atom. The summed E-state index contributed by atoms with van der Waals surface area (Å²) in [4.78, 5) is -1.22. The molecule has 2 saturated heterocycles. The van der Waals surface area contributed by atoms with Crippen molar-refractivity contribution in [2.75, 3.05) is 26.2 Å². The van der Waals surface area contributed by atoms with E-state index in [1.54, 1.807) is 0 Å². The van der Waals surface area contributed by atoms with Crippen LogP contribution in [-0.2, 0) is 29.9 Å². The van der Waals surface area contributed by atoms with E-state index in [1.807, 2.05) is 0 Å². The summed E-state index contributed by atoms with van der Waals surface area (Å²) in [7, 11) is -12.2. The Hall–Kier alpha value is -1.21. The number of sulfonamides is 2. The van der Waals surface area contributed by atoms with Gasteiger partial charge in [-0.25, -0.2) is 25.3 Å². The van der Waals surface area contributed by atoms with Gasteiger partial charge in [-0.1, -0.05) is 23.2 Å². The summed E-state index contributed by atoms with van der Waals surface area (Å²) in [5.74, 6) is 0. The summed E-state index contributed by atoms with van der Waals surface area (Å²) in [6, 6.07) is 6.88. The van der Waals surface area contributed by atoms with Crippen molar-refractivity contribution in [3.05, 3.63) is 46.4 Å². The molecule has 4 rings (SSSR count). The summed E-state index contributed by atoms with van der Waals surface area (Å²) in [5.41, 5.74) is 0. The predicted octanol–water partition coefficient (Wildman–Crippen LogP) is 3.40. The van der Waals surface area contributed by atoms with E-state index in [1.165, 1.54) is 32.9 Å². The second kappa shape index (κ2) is 9.10. The fourth-order valence-corrected chi connectivity index (χ4v) is 9.46. The third-order valence-electron chi connectivity index (χ3n) is 5.79. The molecule has 0 radical (unpaired) electrons. The molecule has 0 amide bonds. The van der Waals surface area contributed by atoms with Crippen molar-refractivity contribution >= 4 is 53.1 Å². The Labute approximate surface area is 204 Å². The predicted molar refractivity (Wildman–Crippen MR) is 124 cm³/mol. The average Bonchev–Trinajstić information content (AvgIpc) is 3.48. The Kier molecular flexibility index (Phi) is 6.87. The van der Waals surface area contributed by atoms with E-state index < -0.39 is 29.9 Å². The average molecular weight is 554 g/mol. The molecule has 2 aliphatic rings. The highest BCUT2D eigenvalue weighted by molar-refractivity contribution is 7.92. The second-order valence-electron chi connectivity index (χ2n) is 7.91. The highest BCUT2D eigenvalue weighted by Crippen LogP contribution is 2.34. The van der Waals surface area contributed by atoms with Crippen LogP contribution in [0.1, 0.15) is 25.7 Å². The van der Waals surface area contributed by atoms with Crippen LogP contribution in [0.3, 0.4) is 0 Å². The minimum atomic E-state index is -4.27. The fraction of sp³-hybridized carbons (Fsp3) is 0.400. The van der Waals surface area contributed by atoms with Crippen LogP contribution in [0, 0.1) is 0 Å². The van der Waals surface area contributed by atoms with Gasteiger partial charge >= 0.3 is 0 Å². The highest BCUT2D eigenvalue weighted by atomic mass is 35.5. The maximum Gasteiger partial charge on any atom is 0.244 e. The molecule has 0 aromatic heterocycles. The quantitative estimate of drug-likeness (QED) is 0.543. The van der Waals surface area contributed by atoms with Crippen LogP contribution >= 0.6 is 23.2 Å². The van der Waals surface area contributed by atoms with Gasteiger partial charge in [0.2, 0.25) is 29.9 Å². The van der Waals surface area contributed by atoms with Gasteiger partial charge in [-0.15, -0.1) is 0 Å². The van der Waals surface area contributed by atoms with Crippen molar-refractivity contribution in [3.63, 3.8) is 0 Å². The second-order valence-corrected chi connectivity index (χ2v) is 14.5. The van der Waals surface area contributed by atoms with E-state index >= 15 is 0 Å². The number of hydrogen-bond donors (Lipinski definition) is 0. The maximum atomic E-state index is 13.4. The lowest BCUT2D eigenvalue weighted by Crippen LogP contribution is -2.28. The molecule has 0 N–H and O–H groups in total. The number of sulfone groups is 1. The molecule has 8 nitrogen and oxygen atoms in total. The number of nitrogens with zero attached hydrogens (tertiary/aromatic N) is 2. The molecule has 2 fully saturated rings. The van der Waals surface area contributed by atoms with E-state index in [-0.39, 0.29) is 29.6 Å². The van der Waals surface area contributed by atoms with E-state index in [9.17, 15) is 25.3 Å². The lowest BCUT2D eigenvalue weighted by Gasteiger charge is -2.18. The van der Waals surface area contributed by atoms with Crippen molar-refractivity contribution < 1.29 is 25.3 Å². The Morgan fingerprint density at radius 1 is 0.576 bits per heavy atom. The first-order valence-corrected chi connectivity index (χ1v) is 15.4. The van der Waals surface area contributed by atoms with Crippen molar-refractivity contribution in [2.45, 2.75) is 45.3 Å². The van der Waals surface area contributed by atoms with Crippen LogP contribution in [0.4, 0.5) is 0 Å². The molecule has 0 unspecified atom stereocenters. The lowest BCUT2D eigenvalue weighted by atomic mass is 10.3. The third kappa shape index (κ3) is 4.56. The minimum Gasteiger partial charge on any atom is -0.219 e. The summed E-state index contributed by atoms with van der Waals surface area (Å²) in [6.07, 6.45) is 2.86. The molecule has 180 valence electrons. The zero-order chi connectivity index (χ0) is 24.0. The first-order chi connectivity index (χ1) is 15.5. The van der Waals surface area contributed by atoms with Gasteiger partial charge in [0, 0.05) is 26.2 Å². The van der Waals surface area contributed by atoms with Gasteiger partial charge < -0.3 is 0 Å². The van der Waals surface area contributed by atoms with Crippen LogP contribution < -0.4 is 0 Å². The monoisotopic (exact) mass is 552 g/mol. The zero-order valence-electron chi connectivity index (χ0n) is 17.4. The molecule has 2 aromatic carbocycles. The molecule has 13 heteroatoms. The topological polar surface area (TPSA) is 109 Å². The Bertz CT molecular complexity index is 1300. The third-order valence-corrected chi connectivity index (χ3v) is 12.3. The SMILES string of the molecule is O=S(=O)(c1ccc(Cl)c(S(=O)(=O)N2CCCC2)c1)c1ccc(Cl)c(S(=O)(=O)N2CCCC2)c1. The molecule has 2 heterocycles. The van der Waals surface area contributed by atoms with Gasteiger partial charge in [0.15, 0.2) is 0 Å². The molecular formula is C20H22Cl2N2O6S3. The standard InChI is InChI=1S/C20H22Cl2N2O6S3/c21-17-7-5-15(13-19(17)32(27,28)23-9-1-2-10-23)31(25,26)16-6-8-18(22)20(14-16)33(29,30)24-11-3-4-12-24/h5-8,13-14H,1-4,9-12H2. The van der Waals surface area contributed by atoms with E-state index in [4.69, 9.17) is 23.2 Å². The van der Waals surface area contributed by atoms with Crippen LogP contribution in [0.5, 0.6) is 0 Å². The van der Waals surface area contributed by atoms with Gasteiger partial charge in [0.1, 0.15) is 9.79 Å². The number of rotatable bonds is 6. The molecule has 0 atom stereocenters. The Morgan fingerprint density at radius 2 is 0.909 bits per heavy atom. The summed E-state index contributed by atoms with van der Waals surface area (Å²) >= 11 is 12.3. The first-order valence-electron chi connectivity index (χ1n) is 10.3. The number of hydrogen-bond acceptors (Lipinski definition) is 6. The molecule has 2 aliphatic heterocycles. The number of halogens is 2. The van der Waals surface area contributed by atoms with Gasteiger partial charge in [-0.3, -0.25) is 0 Å². The van der Waals surface area contributed by atoms with Gasteiger partial charge in [-0.05, 0) is 62.1 Å². The summed E-state index contributed by atoms with van der Waals surface area (Å²) < 4.78 is 81.2. The van der Waals surface area contributed by atoms with Gasteiger partial charge in [0.05, 0.1) is 19.8 Å². The van der Waals surface area contributed by atoms with Crippen LogP contribution in [-0.4, -0.2) is 60.0 Å². The molecular weight excluding hydrogens is 531 g/mol. The molecule has 0 aliphatic carbocycles. The van der Waals surface area contributed by atoms with Crippen molar-refractivity contribution in [1.29, 1.82) is 0 Å². The maximum absolute atomic E-state index is 13.4. The molecule has 0 spiro atoms. The van der Waals surface area contributed by atoms with Crippen molar-refractivity contribution in [3.8, 4) is 0 Å². The molecule has 2 aromatic rings. The molecule has 33 heavy (non-hydrogen) atoms. The number of benzene rings is 2. The normalized spacial score (nSPS) is 18.7. The lowest BCUT2D eigenvalue weighted by molar-refractivity contribution is 0.476. The molecule has 0 saturated carbocycles.